The average molecular weight is 1140 g/mol. The van der Waals surface area contributed by atoms with Crippen molar-refractivity contribution in [1.29, 1.82) is 0 Å². The maximum atomic E-state index is 6.63. The molecule has 0 spiro atoms. The van der Waals surface area contributed by atoms with Crippen LogP contribution in [0, 0.1) is 0 Å². The van der Waals surface area contributed by atoms with Gasteiger partial charge in [0.1, 0.15) is 71.7 Å². The fourth-order valence-electron chi connectivity index (χ4n) is 9.49. The summed E-state index contributed by atoms with van der Waals surface area (Å²) in [5, 5.41) is 6.18. The molecule has 8 atom stereocenters. The van der Waals surface area contributed by atoms with Gasteiger partial charge in [-0.1, -0.05) is 95.5 Å². The number of rotatable bonds is 16. The largest absolute Gasteiger partial charge is 0.493 e. The van der Waals surface area contributed by atoms with Crippen molar-refractivity contribution in [2.45, 2.75) is 62.0 Å². The zero-order valence-corrected chi connectivity index (χ0v) is 45.7. The Balaban J connectivity index is 0.000000149. The second kappa shape index (κ2) is 25.9. The van der Waals surface area contributed by atoms with Gasteiger partial charge in [0.25, 0.3) is 0 Å². The minimum absolute atomic E-state index is 0.0966. The number of fused-ring (bicyclic) bond motifs is 4. The van der Waals surface area contributed by atoms with Gasteiger partial charge in [-0.25, -0.2) is 19.9 Å². The van der Waals surface area contributed by atoms with Crippen molar-refractivity contribution >= 4 is 73.8 Å². The molecular formula is C58H57Cl3N6O12. The van der Waals surface area contributed by atoms with E-state index in [-0.39, 0.29) is 48.8 Å². The van der Waals surface area contributed by atoms with E-state index < -0.39 is 0 Å². The Morgan fingerprint density at radius 1 is 0.481 bits per heavy atom. The summed E-state index contributed by atoms with van der Waals surface area (Å²) < 4.78 is 69.3. The zero-order valence-electron chi connectivity index (χ0n) is 43.5. The molecule has 4 aliphatic rings. The number of ether oxygens (including phenoxy) is 12. The first-order chi connectivity index (χ1) is 38.6. The van der Waals surface area contributed by atoms with Crippen molar-refractivity contribution in [3.63, 3.8) is 0 Å². The van der Waals surface area contributed by atoms with Crippen LogP contribution in [0.25, 0.3) is 21.8 Å². The molecule has 12 rings (SSSR count). The molecule has 8 aromatic rings. The van der Waals surface area contributed by atoms with Gasteiger partial charge in [-0.15, -0.1) is 0 Å². The number of benzene rings is 6. The van der Waals surface area contributed by atoms with Gasteiger partial charge in [-0.2, -0.15) is 0 Å². The van der Waals surface area contributed by atoms with Crippen molar-refractivity contribution in [3.8, 4) is 34.5 Å². The van der Waals surface area contributed by atoms with E-state index in [2.05, 4.69) is 25.3 Å². The lowest BCUT2D eigenvalue weighted by atomic mass is 10.1. The number of hydrogen-bond acceptors (Lipinski definition) is 18. The van der Waals surface area contributed by atoms with Gasteiger partial charge in [0.2, 0.25) is 0 Å². The van der Waals surface area contributed by atoms with Crippen molar-refractivity contribution in [1.82, 2.24) is 19.9 Å². The molecular weight excluding hydrogens is 1080 g/mol. The number of hydrogen-bond donors (Lipinski definition) is 2. The van der Waals surface area contributed by atoms with Crippen LogP contribution >= 0.6 is 34.8 Å². The van der Waals surface area contributed by atoms with Crippen molar-refractivity contribution in [2.75, 3.05) is 65.9 Å². The van der Waals surface area contributed by atoms with Crippen LogP contribution in [0.5, 0.6) is 34.5 Å². The van der Waals surface area contributed by atoms with Crippen LogP contribution in [0.2, 0.25) is 15.2 Å². The SMILES string of the molecule is COc1cc2ncnc(Cl)c2cc1OC.COc1cc2ncnc(Nc3ccc(OC4CO[C@@H]5[C@@H](OCc6ccccc6)CO[C@H]45)c(Cl)c3)c2cc1OC.Nc1ccc(OC2CO[C@@H]3[C@@H](OCc4ccccc4)CO[C@H]23)c(Cl)c1. The Morgan fingerprint density at radius 2 is 0.924 bits per heavy atom. The summed E-state index contributed by atoms with van der Waals surface area (Å²) in [5.74, 6) is 4.16. The average Bonchev–Trinajstić information content (AvgIpc) is 4.42. The molecule has 0 amide bonds. The van der Waals surface area contributed by atoms with Gasteiger partial charge in [0.05, 0.1) is 89.2 Å². The summed E-state index contributed by atoms with van der Waals surface area (Å²) >= 11 is 18.7. The van der Waals surface area contributed by atoms with Crippen molar-refractivity contribution in [2.24, 2.45) is 0 Å². The molecule has 6 heterocycles. The fourth-order valence-corrected chi connectivity index (χ4v) is 10.1. The number of nitrogens with two attached hydrogens (primary N) is 1. The van der Waals surface area contributed by atoms with Crippen LogP contribution in [0.3, 0.4) is 0 Å². The Labute approximate surface area is 471 Å². The van der Waals surface area contributed by atoms with Crippen LogP contribution in [0.4, 0.5) is 17.2 Å². The lowest BCUT2D eigenvalue weighted by molar-refractivity contribution is -0.0425. The summed E-state index contributed by atoms with van der Waals surface area (Å²) in [7, 11) is 6.32. The minimum Gasteiger partial charge on any atom is -0.493 e. The zero-order chi connectivity index (χ0) is 54.8. The van der Waals surface area contributed by atoms with Gasteiger partial charge in [0.15, 0.2) is 35.2 Å². The molecule has 3 N–H and O–H groups in total. The lowest BCUT2D eigenvalue weighted by Gasteiger charge is -2.19. The quantitative estimate of drug-likeness (QED) is 0.0683. The molecule has 2 unspecified atom stereocenters. The van der Waals surface area contributed by atoms with E-state index in [1.165, 1.54) is 12.7 Å². The third-order valence-electron chi connectivity index (χ3n) is 13.5. The van der Waals surface area contributed by atoms with E-state index in [0.29, 0.717) is 101 Å². The molecule has 6 aromatic carbocycles. The third kappa shape index (κ3) is 13.1. The highest BCUT2D eigenvalue weighted by Crippen LogP contribution is 2.39. The monoisotopic (exact) mass is 1130 g/mol. The molecule has 4 aliphatic heterocycles. The minimum atomic E-state index is -0.287. The van der Waals surface area contributed by atoms with Crippen LogP contribution in [0.15, 0.2) is 134 Å². The summed E-state index contributed by atoms with van der Waals surface area (Å²) in [5.41, 5.74) is 10.7. The number of nitrogens with one attached hydrogen (secondary N) is 1. The molecule has 4 fully saturated rings. The van der Waals surface area contributed by atoms with E-state index in [1.807, 2.05) is 84.9 Å². The molecule has 4 saturated heterocycles. The van der Waals surface area contributed by atoms with Crippen LogP contribution in [0.1, 0.15) is 11.1 Å². The van der Waals surface area contributed by atoms with Crippen LogP contribution < -0.4 is 39.5 Å². The Kier molecular flexibility index (Phi) is 18.1. The maximum Gasteiger partial charge on any atom is 0.162 e. The fraction of sp³-hybridized carbons (Fsp3) is 0.310. The predicted molar refractivity (Wildman–Crippen MR) is 299 cm³/mol. The van der Waals surface area contributed by atoms with Crippen molar-refractivity contribution in [3.05, 3.63) is 160 Å². The molecule has 0 saturated carbocycles. The van der Waals surface area contributed by atoms with Crippen LogP contribution in [-0.2, 0) is 41.6 Å². The molecule has 79 heavy (non-hydrogen) atoms. The van der Waals surface area contributed by atoms with Gasteiger partial charge in [-0.05, 0) is 59.7 Å². The number of nitrogen functional groups attached to an aromatic ring is 1. The van der Waals surface area contributed by atoms with E-state index in [1.54, 1.807) is 64.8 Å². The molecule has 2 aromatic heterocycles. The normalized spacial score (nSPS) is 21.7. The van der Waals surface area contributed by atoms with Gasteiger partial charge in [0, 0.05) is 34.3 Å². The Hall–Kier alpha value is -6.97. The predicted octanol–water partition coefficient (Wildman–Crippen LogP) is 10.5. The molecule has 0 bridgehead atoms. The van der Waals surface area contributed by atoms with E-state index in [0.717, 1.165) is 38.6 Å². The standard InChI is InChI=1S/C29H28ClN3O6.C19H20ClNO4.C10H9ClN2O2/c1-34-23-11-19-21(12-24(23)35-2)31-16-32-29(19)33-18-8-9-22(20(30)10-18)39-26-15-38-27-25(14-37-28(26)27)36-13-17-6-4-3-5-7-17;20-14-8-13(21)6-7-15(14)25-17-11-24-18-16(10-23-19(17)18)22-9-12-4-2-1-3-5-12;1-14-8-3-6-7(4-9(8)15-2)12-5-13-10(6)11/h3-12,16,25-28H,13-15H2,1-2H3,(H,31,32,33);1-8,16-19H,9-11,21H2;3-5H,1-2H3/t25-,26?,27+,28+;16-,17?,18+,19+;/m00./s1. The molecule has 18 nitrogen and oxygen atoms in total. The second-order valence-electron chi connectivity index (χ2n) is 18.5. The molecule has 0 aliphatic carbocycles. The highest BCUT2D eigenvalue weighted by molar-refractivity contribution is 6.34. The number of methoxy groups -OCH3 is 4. The maximum absolute atomic E-state index is 6.63. The topological polar surface area (TPSA) is 200 Å². The number of nitrogens with zero attached hydrogens (tertiary/aromatic N) is 4. The van der Waals surface area contributed by atoms with Crippen molar-refractivity contribution < 1.29 is 56.8 Å². The third-order valence-corrected chi connectivity index (χ3v) is 14.4. The van der Waals surface area contributed by atoms with Crippen LogP contribution in [-0.4, -0.2) is 124 Å². The van der Waals surface area contributed by atoms with E-state index in [9.17, 15) is 0 Å². The molecule has 0 radical (unpaired) electrons. The number of anilines is 3. The summed E-state index contributed by atoms with van der Waals surface area (Å²) in [6, 6.07) is 38.0. The Bertz CT molecular complexity index is 3340. The smallest absolute Gasteiger partial charge is 0.162 e. The number of aromatic nitrogens is 4. The highest BCUT2D eigenvalue weighted by atomic mass is 35.5. The van der Waals surface area contributed by atoms with E-state index >= 15 is 0 Å². The number of halogens is 3. The van der Waals surface area contributed by atoms with Gasteiger partial charge in [-0.3, -0.25) is 0 Å². The Morgan fingerprint density at radius 3 is 1.43 bits per heavy atom. The summed E-state index contributed by atoms with van der Waals surface area (Å²) in [6.45, 7) is 2.85. The summed E-state index contributed by atoms with van der Waals surface area (Å²) in [4.78, 5) is 16.7. The highest BCUT2D eigenvalue weighted by Gasteiger charge is 2.51. The first kappa shape index (κ1) is 55.3. The molecule has 412 valence electrons. The first-order valence-electron chi connectivity index (χ1n) is 25.2. The van der Waals surface area contributed by atoms with E-state index in [4.69, 9.17) is 97.4 Å². The van der Waals surface area contributed by atoms with Gasteiger partial charge >= 0.3 is 0 Å². The lowest BCUT2D eigenvalue weighted by Crippen LogP contribution is -2.35. The van der Waals surface area contributed by atoms with Gasteiger partial charge < -0.3 is 67.9 Å². The second-order valence-corrected chi connectivity index (χ2v) is 19.6. The molecule has 21 heteroatoms. The first-order valence-corrected chi connectivity index (χ1v) is 26.3. The summed E-state index contributed by atoms with van der Waals surface area (Å²) in [6.07, 6.45) is 1.48.